The predicted molar refractivity (Wildman–Crippen MR) is 124 cm³/mol. The molecule has 144 valence electrons. The van der Waals surface area contributed by atoms with Gasteiger partial charge in [0.25, 0.3) is 0 Å². The number of nitrogens with zero attached hydrogens (tertiary/aromatic N) is 1. The molecule has 1 aliphatic heterocycles. The lowest BCUT2D eigenvalue weighted by Crippen LogP contribution is -2.43. The molecule has 0 unspecified atom stereocenters. The fourth-order valence-electron chi connectivity index (χ4n) is 3.87. The molecular weight excluding hydrogens is 454 g/mol. The molecule has 1 N–H and O–H groups in total. The topological polar surface area (TPSA) is 24.4 Å². The average molecular weight is 470 g/mol. The fraction of sp³-hybridized carbons (Fsp3) is 0.238. The van der Waals surface area contributed by atoms with Crippen LogP contribution in [0.15, 0.2) is 47.0 Å². The Morgan fingerprint density at radius 1 is 1.00 bits per heavy atom. The molecule has 2 aromatic carbocycles. The van der Waals surface area contributed by atoms with Crippen molar-refractivity contribution in [2.45, 2.75) is 25.3 Å². The highest BCUT2D eigenvalue weighted by Crippen LogP contribution is 2.41. The Balaban J connectivity index is 1.74. The smallest absolute Gasteiger partial charge is 0.193 e. The second-order valence-electron chi connectivity index (χ2n) is 6.92. The largest absolute Gasteiger partial charge is 0.353 e. The molecule has 7 heteroatoms. The van der Waals surface area contributed by atoms with Crippen LogP contribution in [0.2, 0.25) is 20.1 Å². The summed E-state index contributed by atoms with van der Waals surface area (Å²) in [7, 11) is 0. The van der Waals surface area contributed by atoms with Gasteiger partial charge in [0.05, 0.1) is 11.8 Å². The maximum absolute atomic E-state index is 6.49. The Labute approximate surface area is 189 Å². The first-order chi connectivity index (χ1) is 13.4. The van der Waals surface area contributed by atoms with Crippen molar-refractivity contribution in [1.82, 2.24) is 5.32 Å². The van der Waals surface area contributed by atoms with E-state index in [1.165, 1.54) is 0 Å². The molecule has 0 radical (unpaired) electrons. The standard InChI is InChI=1S/C21H16Cl4N2S/c22-13-5-4-11(17(24)9-13)8-12-2-1-3-16-19(12)26-21(28)27-20(16)15-7-6-14(23)10-18(15)25/h4-10,16,20H,1-3H2,(H,27,28)/t16-,20+/m0/s1. The van der Waals surface area contributed by atoms with Crippen molar-refractivity contribution in [2.75, 3.05) is 0 Å². The number of thiocarbonyl (C=S) groups is 1. The monoisotopic (exact) mass is 468 g/mol. The van der Waals surface area contributed by atoms with Gasteiger partial charge in [0, 0.05) is 26.0 Å². The van der Waals surface area contributed by atoms with Crippen molar-refractivity contribution in [2.24, 2.45) is 10.9 Å². The van der Waals surface area contributed by atoms with Crippen molar-refractivity contribution in [3.63, 3.8) is 0 Å². The van der Waals surface area contributed by atoms with Gasteiger partial charge in [-0.2, -0.15) is 0 Å². The van der Waals surface area contributed by atoms with E-state index in [9.17, 15) is 0 Å². The molecule has 1 fully saturated rings. The van der Waals surface area contributed by atoms with E-state index in [-0.39, 0.29) is 12.0 Å². The van der Waals surface area contributed by atoms with Crippen LogP contribution in [-0.2, 0) is 0 Å². The lowest BCUT2D eigenvalue weighted by Gasteiger charge is -2.38. The van der Waals surface area contributed by atoms with E-state index in [0.29, 0.717) is 25.2 Å². The molecular formula is C21H16Cl4N2S. The molecule has 0 aromatic heterocycles. The zero-order valence-corrected chi connectivity index (χ0v) is 18.5. The number of hydrogen-bond acceptors (Lipinski definition) is 1. The third-order valence-electron chi connectivity index (χ3n) is 5.13. The zero-order valence-electron chi connectivity index (χ0n) is 14.7. The van der Waals surface area contributed by atoms with Crippen molar-refractivity contribution >= 4 is 75.5 Å². The second kappa shape index (κ2) is 8.33. The van der Waals surface area contributed by atoms with Crippen LogP contribution < -0.4 is 5.32 Å². The molecule has 0 saturated heterocycles. The minimum Gasteiger partial charge on any atom is -0.353 e. The van der Waals surface area contributed by atoms with Crippen molar-refractivity contribution in [3.8, 4) is 0 Å². The Morgan fingerprint density at radius 2 is 1.71 bits per heavy atom. The van der Waals surface area contributed by atoms with E-state index < -0.39 is 0 Å². The summed E-state index contributed by atoms with van der Waals surface area (Å²) in [6.45, 7) is 0. The Hall–Kier alpha value is -1.10. The van der Waals surface area contributed by atoms with Gasteiger partial charge in [-0.1, -0.05) is 58.5 Å². The van der Waals surface area contributed by atoms with Crippen molar-refractivity contribution in [1.29, 1.82) is 0 Å². The van der Waals surface area contributed by atoms with Gasteiger partial charge in [0.1, 0.15) is 0 Å². The second-order valence-corrected chi connectivity index (χ2v) is 9.00. The van der Waals surface area contributed by atoms with E-state index >= 15 is 0 Å². The number of benzene rings is 2. The average Bonchev–Trinajstić information content (AvgIpc) is 2.64. The first-order valence-electron chi connectivity index (χ1n) is 8.92. The molecule has 28 heavy (non-hydrogen) atoms. The van der Waals surface area contributed by atoms with E-state index in [1.54, 1.807) is 12.1 Å². The number of aliphatic imine (C=N–C) groups is 1. The molecule has 1 heterocycles. The highest BCUT2D eigenvalue weighted by Gasteiger charge is 2.36. The molecule has 2 aromatic rings. The van der Waals surface area contributed by atoms with Gasteiger partial charge < -0.3 is 5.32 Å². The molecule has 1 aliphatic carbocycles. The molecule has 2 aliphatic rings. The van der Waals surface area contributed by atoms with E-state index in [4.69, 9.17) is 58.6 Å². The number of fused-ring (bicyclic) bond motifs is 1. The van der Waals surface area contributed by atoms with Crippen LogP contribution >= 0.6 is 58.6 Å². The van der Waals surface area contributed by atoms with Crippen molar-refractivity contribution in [3.05, 3.63) is 73.2 Å². The van der Waals surface area contributed by atoms with Crippen LogP contribution in [0.5, 0.6) is 0 Å². The normalized spacial score (nSPS) is 23.2. The number of allylic oxidation sites excluding steroid dienone is 1. The minimum atomic E-state index is -0.0332. The van der Waals surface area contributed by atoms with Gasteiger partial charge >= 0.3 is 0 Å². The number of nitrogens with one attached hydrogen (secondary N) is 1. The first kappa shape index (κ1) is 20.2. The first-order valence-corrected chi connectivity index (χ1v) is 10.8. The number of halogens is 4. The fourth-order valence-corrected chi connectivity index (χ4v) is 5.08. The van der Waals surface area contributed by atoms with Gasteiger partial charge in [0.15, 0.2) is 5.11 Å². The summed E-state index contributed by atoms with van der Waals surface area (Å²) in [5.41, 5.74) is 4.07. The molecule has 4 rings (SSSR count). The summed E-state index contributed by atoms with van der Waals surface area (Å²) in [6.07, 6.45) is 5.08. The predicted octanol–water partition coefficient (Wildman–Crippen LogP) is 7.55. The van der Waals surface area contributed by atoms with Gasteiger partial charge in [-0.05, 0) is 78.5 Å². The van der Waals surface area contributed by atoms with Crippen LogP contribution in [0.3, 0.4) is 0 Å². The van der Waals surface area contributed by atoms with Crippen LogP contribution in [0.1, 0.15) is 36.4 Å². The number of hydrogen-bond donors (Lipinski definition) is 1. The zero-order chi connectivity index (χ0) is 19.8. The summed E-state index contributed by atoms with van der Waals surface area (Å²) < 4.78 is 0. The van der Waals surface area contributed by atoms with Gasteiger partial charge in [-0.15, -0.1) is 0 Å². The summed E-state index contributed by atoms with van der Waals surface area (Å²) in [4.78, 5) is 4.68. The minimum absolute atomic E-state index is 0.0332. The lowest BCUT2D eigenvalue weighted by molar-refractivity contribution is 0.441. The summed E-state index contributed by atoms with van der Waals surface area (Å²) in [5, 5.41) is 6.29. The highest BCUT2D eigenvalue weighted by atomic mass is 35.5. The third kappa shape index (κ3) is 4.10. The molecule has 2 atom stereocenters. The third-order valence-corrected chi connectivity index (χ3v) is 6.47. The van der Waals surface area contributed by atoms with E-state index in [0.717, 1.165) is 41.7 Å². The molecule has 1 saturated carbocycles. The SMILES string of the molecule is S=C1N=C2C(=Cc3ccc(Cl)cc3Cl)CCC[C@@H]2[C@@H](c2ccc(Cl)cc2Cl)N1. The van der Waals surface area contributed by atoms with Crippen LogP contribution in [0.25, 0.3) is 6.08 Å². The van der Waals surface area contributed by atoms with E-state index in [1.807, 2.05) is 24.3 Å². The number of rotatable bonds is 2. The Kier molecular flexibility index (Phi) is 6.01. The highest BCUT2D eigenvalue weighted by molar-refractivity contribution is 7.80. The molecule has 2 nitrogen and oxygen atoms in total. The van der Waals surface area contributed by atoms with Crippen LogP contribution in [0.4, 0.5) is 0 Å². The summed E-state index contributed by atoms with van der Waals surface area (Å²) in [6, 6.07) is 11.1. The summed E-state index contributed by atoms with van der Waals surface area (Å²) >= 11 is 30.4. The lowest BCUT2D eigenvalue weighted by atomic mass is 9.76. The van der Waals surface area contributed by atoms with E-state index in [2.05, 4.69) is 16.4 Å². The Morgan fingerprint density at radius 3 is 2.43 bits per heavy atom. The van der Waals surface area contributed by atoms with Gasteiger partial charge in [-0.3, -0.25) is 0 Å². The van der Waals surface area contributed by atoms with Crippen molar-refractivity contribution < 1.29 is 0 Å². The maximum atomic E-state index is 6.49. The van der Waals surface area contributed by atoms with Gasteiger partial charge in [-0.25, -0.2) is 4.99 Å². The quantitative estimate of drug-likeness (QED) is 0.459. The molecule has 0 amide bonds. The Bertz CT molecular complexity index is 1020. The molecule has 0 bridgehead atoms. The van der Waals surface area contributed by atoms with Crippen LogP contribution in [-0.4, -0.2) is 10.8 Å². The maximum Gasteiger partial charge on any atom is 0.193 e. The van der Waals surface area contributed by atoms with Crippen LogP contribution in [0, 0.1) is 5.92 Å². The van der Waals surface area contributed by atoms with Gasteiger partial charge in [0.2, 0.25) is 0 Å². The summed E-state index contributed by atoms with van der Waals surface area (Å²) in [5.74, 6) is 0.177. The molecule has 0 spiro atoms.